The van der Waals surface area contributed by atoms with E-state index in [2.05, 4.69) is 0 Å². The number of nitrogens with one attached hydrogen (secondary N) is 1. The topological polar surface area (TPSA) is 62.3 Å². The number of ether oxygens (including phenoxy) is 1. The Balaban J connectivity index is 2.24. The second-order valence-corrected chi connectivity index (χ2v) is 3.68. The van der Waals surface area contributed by atoms with Crippen molar-refractivity contribution in [1.29, 1.82) is 5.41 Å². The Labute approximate surface area is 93.3 Å². The summed E-state index contributed by atoms with van der Waals surface area (Å²) in [4.78, 5) is 1.93. The predicted molar refractivity (Wildman–Crippen MR) is 60.4 cm³/mol. The molecule has 86 valence electrons. The molecule has 0 unspecified atom stereocenters. The third-order valence-electron chi connectivity index (χ3n) is 2.61. The Bertz CT molecular complexity index is 402. The van der Waals surface area contributed by atoms with E-state index in [1.165, 1.54) is 6.07 Å². The number of hydrogen-bond acceptors (Lipinski definition) is 3. The van der Waals surface area contributed by atoms with Crippen molar-refractivity contribution >= 4 is 11.5 Å². The fraction of sp³-hybridized carbons (Fsp3) is 0.364. The van der Waals surface area contributed by atoms with Crippen molar-refractivity contribution in [2.75, 3.05) is 31.2 Å². The van der Waals surface area contributed by atoms with E-state index in [0.717, 1.165) is 0 Å². The molecule has 16 heavy (non-hydrogen) atoms. The molecule has 1 heterocycles. The van der Waals surface area contributed by atoms with E-state index < -0.39 is 0 Å². The van der Waals surface area contributed by atoms with Gasteiger partial charge in [0.15, 0.2) is 0 Å². The number of anilines is 1. The lowest BCUT2D eigenvalue weighted by Gasteiger charge is -2.29. The summed E-state index contributed by atoms with van der Waals surface area (Å²) in [6, 6.07) is 4.63. The number of morpholine rings is 1. The van der Waals surface area contributed by atoms with Crippen LogP contribution in [0.1, 0.15) is 5.56 Å². The van der Waals surface area contributed by atoms with E-state index in [-0.39, 0.29) is 11.7 Å². The van der Waals surface area contributed by atoms with E-state index in [1.54, 1.807) is 12.1 Å². The first kappa shape index (κ1) is 10.9. The molecule has 1 fully saturated rings. The van der Waals surface area contributed by atoms with Gasteiger partial charge in [0, 0.05) is 18.7 Å². The Morgan fingerprint density at radius 3 is 2.62 bits per heavy atom. The first-order valence-corrected chi connectivity index (χ1v) is 5.15. The maximum atomic E-state index is 13.8. The lowest BCUT2D eigenvalue weighted by atomic mass is 10.1. The Morgan fingerprint density at radius 1 is 1.38 bits per heavy atom. The number of halogens is 1. The second-order valence-electron chi connectivity index (χ2n) is 3.68. The number of nitrogens with two attached hydrogens (primary N) is 1. The van der Waals surface area contributed by atoms with Crippen molar-refractivity contribution in [3.05, 3.63) is 29.6 Å². The summed E-state index contributed by atoms with van der Waals surface area (Å²) < 4.78 is 19.0. The monoisotopic (exact) mass is 223 g/mol. The van der Waals surface area contributed by atoms with Crippen molar-refractivity contribution in [3.63, 3.8) is 0 Å². The van der Waals surface area contributed by atoms with E-state index in [1.807, 2.05) is 4.90 Å². The number of nitrogens with zero attached hydrogens (tertiary/aromatic N) is 1. The number of amidine groups is 1. The van der Waals surface area contributed by atoms with Crippen molar-refractivity contribution in [2.24, 2.45) is 5.73 Å². The van der Waals surface area contributed by atoms with Crippen LogP contribution in [0.5, 0.6) is 0 Å². The van der Waals surface area contributed by atoms with Crippen LogP contribution in [0, 0.1) is 11.2 Å². The third-order valence-corrected chi connectivity index (χ3v) is 2.61. The highest BCUT2D eigenvalue weighted by Gasteiger charge is 2.15. The van der Waals surface area contributed by atoms with E-state index in [0.29, 0.717) is 37.6 Å². The molecule has 0 spiro atoms. The van der Waals surface area contributed by atoms with Crippen LogP contribution in [0.2, 0.25) is 0 Å². The molecular formula is C11H14FN3O. The second kappa shape index (κ2) is 4.49. The summed E-state index contributed by atoms with van der Waals surface area (Å²) in [6.07, 6.45) is 0. The molecule has 0 amide bonds. The van der Waals surface area contributed by atoms with Gasteiger partial charge in [-0.05, 0) is 18.2 Å². The molecule has 2 rings (SSSR count). The van der Waals surface area contributed by atoms with Crippen molar-refractivity contribution in [3.8, 4) is 0 Å². The largest absolute Gasteiger partial charge is 0.384 e. The average molecular weight is 223 g/mol. The van der Waals surface area contributed by atoms with Crippen LogP contribution in [0.3, 0.4) is 0 Å². The van der Waals surface area contributed by atoms with E-state index >= 15 is 0 Å². The zero-order valence-corrected chi connectivity index (χ0v) is 8.87. The molecule has 0 aromatic heterocycles. The Morgan fingerprint density at radius 2 is 2.06 bits per heavy atom. The summed E-state index contributed by atoms with van der Waals surface area (Å²) in [6.45, 7) is 2.62. The standard InChI is InChI=1S/C11H14FN3O/c12-9-7-8(11(13)14)1-2-10(9)15-3-5-16-6-4-15/h1-2,7H,3-6H2,(H3,13,14). The highest BCUT2D eigenvalue weighted by molar-refractivity contribution is 5.95. The lowest BCUT2D eigenvalue weighted by Crippen LogP contribution is -2.36. The van der Waals surface area contributed by atoms with Crippen LogP contribution in [0.4, 0.5) is 10.1 Å². The SMILES string of the molecule is N=C(N)c1ccc(N2CCOCC2)c(F)c1. The number of benzene rings is 1. The maximum absolute atomic E-state index is 13.8. The molecule has 1 aromatic rings. The molecule has 0 aliphatic carbocycles. The van der Waals surface area contributed by atoms with Gasteiger partial charge in [-0.3, -0.25) is 5.41 Å². The normalized spacial score (nSPS) is 16.2. The van der Waals surface area contributed by atoms with Gasteiger partial charge in [0.05, 0.1) is 18.9 Å². The van der Waals surface area contributed by atoms with Gasteiger partial charge in [-0.15, -0.1) is 0 Å². The van der Waals surface area contributed by atoms with Crippen LogP contribution in [0.15, 0.2) is 18.2 Å². The van der Waals surface area contributed by atoms with Gasteiger partial charge < -0.3 is 15.4 Å². The van der Waals surface area contributed by atoms with Gasteiger partial charge in [0.1, 0.15) is 11.7 Å². The Hall–Kier alpha value is -1.62. The van der Waals surface area contributed by atoms with Gasteiger partial charge in [-0.25, -0.2) is 4.39 Å². The highest BCUT2D eigenvalue weighted by Crippen LogP contribution is 2.21. The van der Waals surface area contributed by atoms with Crippen LogP contribution >= 0.6 is 0 Å². The fourth-order valence-corrected chi connectivity index (χ4v) is 1.74. The molecule has 4 nitrogen and oxygen atoms in total. The first-order valence-electron chi connectivity index (χ1n) is 5.15. The molecule has 1 saturated heterocycles. The van der Waals surface area contributed by atoms with Crippen LogP contribution in [0.25, 0.3) is 0 Å². The summed E-state index contributed by atoms with van der Waals surface area (Å²) in [7, 11) is 0. The van der Waals surface area contributed by atoms with Crippen molar-refractivity contribution < 1.29 is 9.13 Å². The van der Waals surface area contributed by atoms with Gasteiger partial charge in [0.25, 0.3) is 0 Å². The zero-order valence-electron chi connectivity index (χ0n) is 8.87. The maximum Gasteiger partial charge on any atom is 0.147 e. The van der Waals surface area contributed by atoms with Gasteiger partial charge in [-0.2, -0.15) is 0 Å². The van der Waals surface area contributed by atoms with Crippen LogP contribution < -0.4 is 10.6 Å². The zero-order chi connectivity index (χ0) is 11.5. The summed E-state index contributed by atoms with van der Waals surface area (Å²) in [5.74, 6) is -0.456. The minimum Gasteiger partial charge on any atom is -0.384 e. The molecule has 0 atom stereocenters. The number of rotatable bonds is 2. The summed E-state index contributed by atoms with van der Waals surface area (Å²) in [5, 5.41) is 7.22. The molecule has 0 bridgehead atoms. The smallest absolute Gasteiger partial charge is 0.147 e. The fourth-order valence-electron chi connectivity index (χ4n) is 1.74. The predicted octanol–water partition coefficient (Wildman–Crippen LogP) is 0.946. The molecule has 0 radical (unpaired) electrons. The first-order chi connectivity index (χ1) is 7.68. The molecule has 3 N–H and O–H groups in total. The third kappa shape index (κ3) is 2.14. The lowest BCUT2D eigenvalue weighted by molar-refractivity contribution is 0.122. The number of hydrogen-bond donors (Lipinski definition) is 2. The number of nitrogen functional groups attached to an aromatic ring is 1. The van der Waals surface area contributed by atoms with Crippen LogP contribution in [-0.2, 0) is 4.74 Å². The van der Waals surface area contributed by atoms with E-state index in [4.69, 9.17) is 15.9 Å². The quantitative estimate of drug-likeness (QED) is 0.579. The Kier molecular flexibility index (Phi) is 3.05. The minimum absolute atomic E-state index is 0.118. The highest BCUT2D eigenvalue weighted by atomic mass is 19.1. The molecular weight excluding hydrogens is 209 g/mol. The summed E-state index contributed by atoms with van der Waals surface area (Å²) in [5.41, 5.74) is 6.26. The van der Waals surface area contributed by atoms with Crippen molar-refractivity contribution in [1.82, 2.24) is 0 Å². The molecule has 1 aliphatic rings. The molecule has 0 saturated carbocycles. The average Bonchev–Trinajstić information content (AvgIpc) is 2.30. The summed E-state index contributed by atoms with van der Waals surface area (Å²) >= 11 is 0. The van der Waals surface area contributed by atoms with E-state index in [9.17, 15) is 4.39 Å². The van der Waals surface area contributed by atoms with Crippen molar-refractivity contribution in [2.45, 2.75) is 0 Å². The molecule has 5 heteroatoms. The van der Waals surface area contributed by atoms with Gasteiger partial charge in [-0.1, -0.05) is 0 Å². The molecule has 1 aliphatic heterocycles. The minimum atomic E-state index is -0.338. The van der Waals surface area contributed by atoms with Crippen LogP contribution in [-0.4, -0.2) is 32.1 Å². The van der Waals surface area contributed by atoms with Gasteiger partial charge in [0.2, 0.25) is 0 Å². The molecule has 1 aromatic carbocycles. The van der Waals surface area contributed by atoms with Gasteiger partial charge >= 0.3 is 0 Å².